The Balaban J connectivity index is 2.81. The van der Waals surface area contributed by atoms with E-state index in [2.05, 4.69) is 13.2 Å². The number of phenolic OH excluding ortho intramolecular Hbond substituents is 2. The smallest absolute Gasteiger partial charge is 0.227 e. The molecule has 0 bridgehead atoms. The highest BCUT2D eigenvalue weighted by Crippen LogP contribution is 2.22. The quantitative estimate of drug-likeness (QED) is 0.595. The maximum Gasteiger partial charge on any atom is 0.227 e. The highest BCUT2D eigenvalue weighted by atomic mass is 16.3. The molecule has 0 aliphatic rings. The molecule has 0 unspecified atom stereocenters. The summed E-state index contributed by atoms with van der Waals surface area (Å²) in [6, 6.07) is 4.12. The number of carbonyl (C=O) groups excluding carboxylic acids is 1. The van der Waals surface area contributed by atoms with E-state index in [4.69, 9.17) is 0 Å². The zero-order valence-electron chi connectivity index (χ0n) is 10.2. The zero-order chi connectivity index (χ0) is 13.5. The second kappa shape index (κ2) is 6.49. The second-order valence-corrected chi connectivity index (χ2v) is 3.87. The summed E-state index contributed by atoms with van der Waals surface area (Å²) in [7, 11) is 0. The summed E-state index contributed by atoms with van der Waals surface area (Å²) < 4.78 is 0. The van der Waals surface area contributed by atoms with Crippen molar-refractivity contribution in [3.63, 3.8) is 0 Å². The topological polar surface area (TPSA) is 60.8 Å². The van der Waals surface area contributed by atoms with E-state index in [-0.39, 0.29) is 23.8 Å². The van der Waals surface area contributed by atoms with Crippen molar-refractivity contribution in [3.8, 4) is 11.5 Å². The van der Waals surface area contributed by atoms with Gasteiger partial charge in [0.1, 0.15) is 11.5 Å². The molecule has 0 aromatic heterocycles. The van der Waals surface area contributed by atoms with E-state index in [9.17, 15) is 15.0 Å². The molecule has 0 fully saturated rings. The molecule has 0 radical (unpaired) electrons. The van der Waals surface area contributed by atoms with Gasteiger partial charge in [-0.25, -0.2) is 0 Å². The minimum absolute atomic E-state index is 0.00157. The lowest BCUT2D eigenvalue weighted by Crippen LogP contribution is -2.32. The summed E-state index contributed by atoms with van der Waals surface area (Å²) in [6.07, 6.45) is 3.29. The molecule has 18 heavy (non-hydrogen) atoms. The molecule has 4 heteroatoms. The van der Waals surface area contributed by atoms with Crippen LogP contribution in [-0.4, -0.2) is 34.1 Å². The van der Waals surface area contributed by atoms with Gasteiger partial charge < -0.3 is 15.1 Å². The number of phenols is 2. The molecule has 0 spiro atoms. The number of aromatic hydroxyl groups is 2. The minimum atomic E-state index is -0.157. The van der Waals surface area contributed by atoms with Crippen molar-refractivity contribution >= 4 is 5.91 Å². The van der Waals surface area contributed by atoms with Crippen LogP contribution in [0.25, 0.3) is 0 Å². The standard InChI is InChI=1S/C14H17NO3/c1-3-7-15(8-4-2)14(18)10-11-9-12(16)5-6-13(11)17/h3-6,9,16-17H,1-2,7-8,10H2. The number of hydrogen-bond donors (Lipinski definition) is 2. The van der Waals surface area contributed by atoms with Crippen molar-refractivity contribution in [1.82, 2.24) is 4.90 Å². The first-order valence-corrected chi connectivity index (χ1v) is 5.59. The Hall–Kier alpha value is -2.23. The first-order valence-electron chi connectivity index (χ1n) is 5.59. The van der Waals surface area contributed by atoms with Crippen LogP contribution in [0.15, 0.2) is 43.5 Å². The van der Waals surface area contributed by atoms with Crippen LogP contribution in [0.3, 0.4) is 0 Å². The van der Waals surface area contributed by atoms with Crippen molar-refractivity contribution in [2.45, 2.75) is 6.42 Å². The molecular formula is C14H17NO3. The molecule has 0 aliphatic heterocycles. The Morgan fingerprint density at radius 2 is 1.83 bits per heavy atom. The molecule has 1 aromatic rings. The van der Waals surface area contributed by atoms with Crippen LogP contribution >= 0.6 is 0 Å². The lowest BCUT2D eigenvalue weighted by atomic mass is 10.1. The van der Waals surface area contributed by atoms with Gasteiger partial charge in [-0.3, -0.25) is 4.79 Å². The number of hydrogen-bond acceptors (Lipinski definition) is 3. The molecule has 1 amide bonds. The van der Waals surface area contributed by atoms with Crippen LogP contribution < -0.4 is 0 Å². The van der Waals surface area contributed by atoms with Gasteiger partial charge in [-0.15, -0.1) is 13.2 Å². The maximum atomic E-state index is 12.0. The van der Waals surface area contributed by atoms with E-state index in [0.717, 1.165) is 0 Å². The highest BCUT2D eigenvalue weighted by molar-refractivity contribution is 5.80. The predicted molar refractivity (Wildman–Crippen MR) is 70.4 cm³/mol. The molecule has 0 saturated heterocycles. The van der Waals surface area contributed by atoms with Crippen molar-refractivity contribution < 1.29 is 15.0 Å². The SMILES string of the molecule is C=CCN(CC=C)C(=O)Cc1cc(O)ccc1O. The van der Waals surface area contributed by atoms with Crippen LogP contribution in [0.4, 0.5) is 0 Å². The van der Waals surface area contributed by atoms with Crippen LogP contribution in [0.1, 0.15) is 5.56 Å². The fourth-order valence-electron chi connectivity index (χ4n) is 1.58. The normalized spacial score (nSPS) is 9.78. The summed E-state index contributed by atoms with van der Waals surface area (Å²) in [4.78, 5) is 13.6. The zero-order valence-corrected chi connectivity index (χ0v) is 10.2. The van der Waals surface area contributed by atoms with Crippen molar-refractivity contribution in [3.05, 3.63) is 49.1 Å². The fraction of sp³-hybridized carbons (Fsp3) is 0.214. The Kier molecular flexibility index (Phi) is 4.99. The lowest BCUT2D eigenvalue weighted by Gasteiger charge is -2.19. The molecule has 1 aromatic carbocycles. The van der Waals surface area contributed by atoms with Gasteiger partial charge in [0.15, 0.2) is 0 Å². The molecule has 0 aliphatic carbocycles. The van der Waals surface area contributed by atoms with E-state index in [0.29, 0.717) is 18.7 Å². The summed E-state index contributed by atoms with van der Waals surface area (Å²) in [5.74, 6) is -0.136. The first kappa shape index (κ1) is 13.8. The van der Waals surface area contributed by atoms with Gasteiger partial charge >= 0.3 is 0 Å². The Morgan fingerprint density at radius 3 is 2.39 bits per heavy atom. The third kappa shape index (κ3) is 3.66. The van der Waals surface area contributed by atoms with E-state index in [1.165, 1.54) is 18.2 Å². The van der Waals surface area contributed by atoms with Gasteiger partial charge in [-0.1, -0.05) is 12.2 Å². The molecule has 0 saturated carbocycles. The Morgan fingerprint density at radius 1 is 1.22 bits per heavy atom. The van der Waals surface area contributed by atoms with Gasteiger partial charge in [-0.05, 0) is 18.2 Å². The number of benzene rings is 1. The third-order valence-corrected chi connectivity index (χ3v) is 2.46. The number of carbonyl (C=O) groups is 1. The first-order chi connectivity index (χ1) is 8.58. The summed E-state index contributed by atoms with van der Waals surface area (Å²) in [5.41, 5.74) is 0.401. The average molecular weight is 247 g/mol. The highest BCUT2D eigenvalue weighted by Gasteiger charge is 2.14. The van der Waals surface area contributed by atoms with E-state index < -0.39 is 0 Å². The second-order valence-electron chi connectivity index (χ2n) is 3.87. The molecule has 4 nitrogen and oxygen atoms in total. The van der Waals surface area contributed by atoms with Crippen LogP contribution in [0.2, 0.25) is 0 Å². The molecule has 0 heterocycles. The van der Waals surface area contributed by atoms with Crippen molar-refractivity contribution in [1.29, 1.82) is 0 Å². The molecular weight excluding hydrogens is 230 g/mol. The largest absolute Gasteiger partial charge is 0.508 e. The lowest BCUT2D eigenvalue weighted by molar-refractivity contribution is -0.129. The molecule has 2 N–H and O–H groups in total. The third-order valence-electron chi connectivity index (χ3n) is 2.46. The van der Waals surface area contributed by atoms with Crippen LogP contribution in [0.5, 0.6) is 11.5 Å². The summed E-state index contributed by atoms with van der Waals surface area (Å²) in [6.45, 7) is 8.01. The molecule has 96 valence electrons. The van der Waals surface area contributed by atoms with Crippen LogP contribution in [0, 0.1) is 0 Å². The molecule has 0 atom stereocenters. The Labute approximate surface area is 106 Å². The number of amides is 1. The summed E-state index contributed by atoms with van der Waals surface area (Å²) >= 11 is 0. The van der Waals surface area contributed by atoms with Gasteiger partial charge in [0, 0.05) is 18.7 Å². The number of nitrogens with zero attached hydrogens (tertiary/aromatic N) is 1. The van der Waals surface area contributed by atoms with E-state index in [1.807, 2.05) is 0 Å². The minimum Gasteiger partial charge on any atom is -0.508 e. The van der Waals surface area contributed by atoms with Crippen molar-refractivity contribution in [2.24, 2.45) is 0 Å². The van der Waals surface area contributed by atoms with Gasteiger partial charge in [0.05, 0.1) is 6.42 Å². The molecule has 1 rings (SSSR count). The van der Waals surface area contributed by atoms with Gasteiger partial charge in [0.2, 0.25) is 5.91 Å². The van der Waals surface area contributed by atoms with Gasteiger partial charge in [0.25, 0.3) is 0 Å². The summed E-state index contributed by atoms with van der Waals surface area (Å²) in [5, 5.41) is 18.9. The monoisotopic (exact) mass is 247 g/mol. The number of rotatable bonds is 6. The predicted octanol–water partition coefficient (Wildman–Crippen LogP) is 1.84. The average Bonchev–Trinajstić information content (AvgIpc) is 2.33. The van der Waals surface area contributed by atoms with Gasteiger partial charge in [-0.2, -0.15) is 0 Å². The maximum absolute atomic E-state index is 12.0. The van der Waals surface area contributed by atoms with Crippen molar-refractivity contribution in [2.75, 3.05) is 13.1 Å². The van der Waals surface area contributed by atoms with Crippen LogP contribution in [-0.2, 0) is 11.2 Å². The fourth-order valence-corrected chi connectivity index (χ4v) is 1.58. The van der Waals surface area contributed by atoms with E-state index >= 15 is 0 Å². The Bertz CT molecular complexity index is 444. The van der Waals surface area contributed by atoms with E-state index in [1.54, 1.807) is 17.1 Å².